The maximum absolute atomic E-state index is 5.91. The van der Waals surface area contributed by atoms with E-state index in [0.717, 1.165) is 18.4 Å². The summed E-state index contributed by atoms with van der Waals surface area (Å²) in [6.45, 7) is 4.86. The number of nitrogens with two attached hydrogens (primary N) is 1. The summed E-state index contributed by atoms with van der Waals surface area (Å²) in [7, 11) is 0. The van der Waals surface area contributed by atoms with Crippen LogP contribution in [0, 0.1) is 11.8 Å². The summed E-state index contributed by atoms with van der Waals surface area (Å²) >= 11 is 2.12. The molecule has 2 unspecified atom stereocenters. The Balaban J connectivity index is 1.81. The quantitative estimate of drug-likeness (QED) is 0.822. The van der Waals surface area contributed by atoms with Crippen molar-refractivity contribution in [2.24, 2.45) is 17.6 Å². The second-order valence-electron chi connectivity index (χ2n) is 5.31. The van der Waals surface area contributed by atoms with Crippen molar-refractivity contribution in [2.75, 3.05) is 37.7 Å². The fourth-order valence-corrected chi connectivity index (χ4v) is 4.07. The first-order valence-electron chi connectivity index (χ1n) is 6.90. The molecule has 2 atom stereocenters. The third kappa shape index (κ3) is 3.64. The Bertz CT molecular complexity index is 190. The van der Waals surface area contributed by atoms with Crippen LogP contribution in [0.5, 0.6) is 0 Å². The van der Waals surface area contributed by atoms with E-state index in [0.29, 0.717) is 0 Å². The molecule has 2 nitrogen and oxygen atoms in total. The lowest BCUT2D eigenvalue weighted by molar-refractivity contribution is 0.161. The first kappa shape index (κ1) is 12.7. The molecule has 2 N–H and O–H groups in total. The molecular formula is C13H26N2S. The lowest BCUT2D eigenvalue weighted by Crippen LogP contribution is -2.38. The number of nitrogens with zero attached hydrogens (tertiary/aromatic N) is 1. The monoisotopic (exact) mass is 242 g/mol. The topological polar surface area (TPSA) is 29.3 Å². The molecule has 0 aromatic heterocycles. The minimum absolute atomic E-state index is 0.810. The van der Waals surface area contributed by atoms with Crippen LogP contribution in [0.3, 0.4) is 0 Å². The first-order valence-corrected chi connectivity index (χ1v) is 8.06. The van der Waals surface area contributed by atoms with E-state index in [2.05, 4.69) is 16.7 Å². The van der Waals surface area contributed by atoms with Gasteiger partial charge in [0, 0.05) is 18.8 Å². The highest BCUT2D eigenvalue weighted by Crippen LogP contribution is 2.30. The van der Waals surface area contributed by atoms with Crippen LogP contribution >= 0.6 is 11.8 Å². The van der Waals surface area contributed by atoms with Crippen LogP contribution in [-0.2, 0) is 0 Å². The molecule has 2 fully saturated rings. The lowest BCUT2D eigenvalue weighted by Gasteiger charge is -2.34. The van der Waals surface area contributed by atoms with Gasteiger partial charge in [-0.1, -0.05) is 12.8 Å². The second-order valence-corrected chi connectivity index (χ2v) is 6.53. The van der Waals surface area contributed by atoms with Crippen molar-refractivity contribution in [2.45, 2.75) is 32.1 Å². The molecular weight excluding hydrogens is 216 g/mol. The molecule has 1 saturated carbocycles. The van der Waals surface area contributed by atoms with Crippen LogP contribution < -0.4 is 5.73 Å². The largest absolute Gasteiger partial charge is 0.330 e. The molecule has 3 heteroatoms. The number of thioether (sulfide) groups is 1. The predicted octanol–water partition coefficient (Wildman–Crippen LogP) is 2.19. The van der Waals surface area contributed by atoms with Crippen LogP contribution in [0.2, 0.25) is 0 Å². The molecule has 16 heavy (non-hydrogen) atoms. The summed E-state index contributed by atoms with van der Waals surface area (Å²) < 4.78 is 0. The van der Waals surface area contributed by atoms with Gasteiger partial charge in [-0.3, -0.25) is 0 Å². The molecule has 0 aromatic rings. The average Bonchev–Trinajstić information content (AvgIpc) is 2.58. The zero-order chi connectivity index (χ0) is 11.2. The molecule has 1 saturated heterocycles. The molecule has 1 aliphatic heterocycles. The van der Waals surface area contributed by atoms with Gasteiger partial charge in [0.1, 0.15) is 0 Å². The highest BCUT2D eigenvalue weighted by Gasteiger charge is 2.25. The summed E-state index contributed by atoms with van der Waals surface area (Å²) in [5.74, 6) is 4.40. The molecule has 94 valence electrons. The van der Waals surface area contributed by atoms with Crippen molar-refractivity contribution in [3.63, 3.8) is 0 Å². The number of hydrogen-bond acceptors (Lipinski definition) is 3. The summed E-state index contributed by atoms with van der Waals surface area (Å²) in [6.07, 6.45) is 7.03. The third-order valence-corrected chi connectivity index (χ3v) is 5.23. The SMILES string of the molecule is NCC1CCCCC1CN1CCCSCC1. The molecule has 2 rings (SSSR count). The maximum atomic E-state index is 5.91. The predicted molar refractivity (Wildman–Crippen MR) is 72.9 cm³/mol. The van der Waals surface area contributed by atoms with Gasteiger partial charge >= 0.3 is 0 Å². The molecule has 1 heterocycles. The van der Waals surface area contributed by atoms with Gasteiger partial charge in [-0.15, -0.1) is 0 Å². The van der Waals surface area contributed by atoms with Gasteiger partial charge in [0.25, 0.3) is 0 Å². The smallest absolute Gasteiger partial charge is 0.00725 e. The van der Waals surface area contributed by atoms with Crippen LogP contribution in [0.1, 0.15) is 32.1 Å². The summed E-state index contributed by atoms with van der Waals surface area (Å²) in [5, 5.41) is 0. The zero-order valence-corrected chi connectivity index (χ0v) is 11.2. The normalized spacial score (nSPS) is 33.6. The van der Waals surface area contributed by atoms with Gasteiger partial charge < -0.3 is 10.6 Å². The Morgan fingerprint density at radius 1 is 1.00 bits per heavy atom. The van der Waals surface area contributed by atoms with Crippen LogP contribution in [0.4, 0.5) is 0 Å². The fraction of sp³-hybridized carbons (Fsp3) is 1.00. The van der Waals surface area contributed by atoms with Crippen molar-refractivity contribution in [3.05, 3.63) is 0 Å². The third-order valence-electron chi connectivity index (χ3n) is 4.18. The summed E-state index contributed by atoms with van der Waals surface area (Å²) in [5.41, 5.74) is 5.91. The Kier molecular flexibility index (Phi) is 5.46. The molecule has 0 spiro atoms. The van der Waals surface area contributed by atoms with Crippen molar-refractivity contribution in [3.8, 4) is 0 Å². The van der Waals surface area contributed by atoms with E-state index in [9.17, 15) is 0 Å². The molecule has 0 bridgehead atoms. The molecule has 0 radical (unpaired) electrons. The van der Waals surface area contributed by atoms with Crippen molar-refractivity contribution in [1.29, 1.82) is 0 Å². The highest BCUT2D eigenvalue weighted by atomic mass is 32.2. The molecule has 1 aliphatic carbocycles. The van der Waals surface area contributed by atoms with Gasteiger partial charge in [-0.25, -0.2) is 0 Å². The Hall–Kier alpha value is 0.270. The maximum Gasteiger partial charge on any atom is 0.00725 e. The van der Waals surface area contributed by atoms with Crippen LogP contribution in [0.25, 0.3) is 0 Å². The van der Waals surface area contributed by atoms with Crippen LogP contribution in [-0.4, -0.2) is 42.6 Å². The van der Waals surface area contributed by atoms with Crippen molar-refractivity contribution < 1.29 is 0 Å². The summed E-state index contributed by atoms with van der Waals surface area (Å²) in [4.78, 5) is 2.69. The Morgan fingerprint density at radius 2 is 1.81 bits per heavy atom. The highest BCUT2D eigenvalue weighted by molar-refractivity contribution is 7.99. The average molecular weight is 242 g/mol. The van der Waals surface area contributed by atoms with Gasteiger partial charge in [0.15, 0.2) is 0 Å². The Labute approximate surface area is 104 Å². The van der Waals surface area contributed by atoms with E-state index >= 15 is 0 Å². The number of hydrogen-bond donors (Lipinski definition) is 1. The van der Waals surface area contributed by atoms with E-state index in [4.69, 9.17) is 5.73 Å². The minimum atomic E-state index is 0.810. The van der Waals surface area contributed by atoms with Gasteiger partial charge in [-0.2, -0.15) is 11.8 Å². The second kappa shape index (κ2) is 6.87. The van der Waals surface area contributed by atoms with E-state index in [1.807, 2.05) is 0 Å². The fourth-order valence-electron chi connectivity index (χ4n) is 3.15. The lowest BCUT2D eigenvalue weighted by atomic mass is 9.79. The van der Waals surface area contributed by atoms with Crippen molar-refractivity contribution in [1.82, 2.24) is 4.90 Å². The zero-order valence-electron chi connectivity index (χ0n) is 10.4. The minimum Gasteiger partial charge on any atom is -0.330 e. The van der Waals surface area contributed by atoms with Gasteiger partial charge in [0.05, 0.1) is 0 Å². The number of rotatable bonds is 3. The van der Waals surface area contributed by atoms with Gasteiger partial charge in [-0.05, 0) is 49.9 Å². The first-order chi connectivity index (χ1) is 7.90. The van der Waals surface area contributed by atoms with E-state index < -0.39 is 0 Å². The van der Waals surface area contributed by atoms with E-state index in [1.165, 1.54) is 63.2 Å². The van der Waals surface area contributed by atoms with Crippen molar-refractivity contribution >= 4 is 11.8 Å². The summed E-state index contributed by atoms with van der Waals surface area (Å²) in [6, 6.07) is 0. The van der Waals surface area contributed by atoms with E-state index in [1.54, 1.807) is 0 Å². The van der Waals surface area contributed by atoms with E-state index in [-0.39, 0.29) is 0 Å². The standard InChI is InChI=1S/C13H26N2S/c14-10-12-4-1-2-5-13(12)11-15-6-3-8-16-9-7-15/h12-13H,1-11,14H2. The molecule has 0 amide bonds. The molecule has 2 aliphatic rings. The van der Waals surface area contributed by atoms with Gasteiger partial charge in [0.2, 0.25) is 0 Å². The van der Waals surface area contributed by atoms with Crippen LogP contribution in [0.15, 0.2) is 0 Å². The molecule has 0 aromatic carbocycles. The Morgan fingerprint density at radius 3 is 2.62 bits per heavy atom.